The van der Waals surface area contributed by atoms with Gasteiger partial charge in [0.1, 0.15) is 29.6 Å². The Morgan fingerprint density at radius 3 is 2.31 bits per heavy atom. The molecule has 0 bridgehead atoms. The maximum absolute atomic E-state index is 16.9. The number of benzene rings is 2. The monoisotopic (exact) mass is 989 g/mol. The van der Waals surface area contributed by atoms with Crippen LogP contribution in [0.25, 0.3) is 10.9 Å². The number of ether oxygens (including phenoxy) is 4. The molecule has 2 saturated heterocycles. The van der Waals surface area contributed by atoms with Crippen molar-refractivity contribution >= 4 is 99.3 Å². The fraction of sp³-hybridized carbons (Fsp3) is 0.500. The maximum Gasteiger partial charge on any atom is 0.412 e. The average Bonchev–Trinajstić information content (AvgIpc) is 4.05. The van der Waals surface area contributed by atoms with Gasteiger partial charge in [0.05, 0.1) is 42.3 Å². The van der Waals surface area contributed by atoms with E-state index in [1.807, 2.05) is 6.92 Å². The number of nitro groups is 1. The quantitative estimate of drug-likeness (QED) is 0.0301. The van der Waals surface area contributed by atoms with E-state index in [0.29, 0.717) is 37.8 Å². The third-order valence-electron chi connectivity index (χ3n) is 12.0. The van der Waals surface area contributed by atoms with Crippen molar-refractivity contribution in [1.82, 2.24) is 14.8 Å². The molecule has 0 radical (unpaired) electrons. The molecule has 2 amide bonds. The van der Waals surface area contributed by atoms with Gasteiger partial charge < -0.3 is 48.8 Å². The molecule has 0 spiro atoms. The molecule has 2 unspecified atom stereocenters. The van der Waals surface area contributed by atoms with Crippen LogP contribution in [-0.2, 0) is 28.6 Å². The molecule has 3 aromatic rings. The Labute approximate surface area is 397 Å². The van der Waals surface area contributed by atoms with E-state index < -0.39 is 106 Å². The fourth-order valence-electron chi connectivity index (χ4n) is 8.31. The molecule has 3 fully saturated rings. The summed E-state index contributed by atoms with van der Waals surface area (Å²) in [7, 11) is 1.32. The van der Waals surface area contributed by atoms with E-state index in [1.54, 1.807) is 16.4 Å². The van der Waals surface area contributed by atoms with Crippen molar-refractivity contribution in [3.8, 4) is 5.75 Å². The molecular formula is C44H50Cl2FN7O14. The number of alkyl halides is 2. The highest BCUT2D eigenvalue weighted by Crippen LogP contribution is 2.51. The number of fused-ring (bicyclic) bond motifs is 2. The SMILES string of the molecule is C=Nc1c(F)c(N2CC3CCCN(C(=O)OCOC(=O)CCC(=O)OC[C@@H](NC(=O)C(C)(Cl)Cl)[C@H](O)c4ccc([N+](=O)[O-])cc4)C3C2)c(OC)c2c1c(=O)c(C(=O)O)c(/N=C(\C)CC)n2C1CC1. The summed E-state index contributed by atoms with van der Waals surface area (Å²) >= 11 is 11.8. The van der Waals surface area contributed by atoms with Gasteiger partial charge in [-0.3, -0.25) is 34.3 Å². The summed E-state index contributed by atoms with van der Waals surface area (Å²) in [4.78, 5) is 100.0. The second kappa shape index (κ2) is 21.3. The Kier molecular flexibility index (Phi) is 16.0. The molecule has 3 heterocycles. The van der Waals surface area contributed by atoms with Crippen LogP contribution in [0.5, 0.6) is 5.75 Å². The van der Waals surface area contributed by atoms with Crippen molar-refractivity contribution in [3.63, 3.8) is 0 Å². The van der Waals surface area contributed by atoms with E-state index in [9.17, 15) is 49.1 Å². The molecule has 2 aliphatic heterocycles. The number of likely N-dealkylation sites (tertiary alicyclic amines) is 1. The molecule has 1 saturated carbocycles. The molecule has 2 aromatic carbocycles. The van der Waals surface area contributed by atoms with Gasteiger partial charge >= 0.3 is 24.0 Å². The van der Waals surface area contributed by atoms with Crippen molar-refractivity contribution in [2.45, 2.75) is 94.3 Å². The van der Waals surface area contributed by atoms with Crippen molar-refractivity contribution in [3.05, 3.63) is 61.5 Å². The van der Waals surface area contributed by atoms with Gasteiger partial charge in [0.15, 0.2) is 27.3 Å². The Balaban J connectivity index is 1.11. The number of esters is 2. The Morgan fingerprint density at radius 1 is 1.07 bits per heavy atom. The van der Waals surface area contributed by atoms with E-state index in [-0.39, 0.29) is 71.0 Å². The molecule has 3 N–H and O–H groups in total. The first-order chi connectivity index (χ1) is 32.2. The van der Waals surface area contributed by atoms with Gasteiger partial charge in [-0.1, -0.05) is 30.1 Å². The number of nitrogens with zero attached hydrogens (tertiary/aromatic N) is 6. The van der Waals surface area contributed by atoms with Crippen LogP contribution in [0.4, 0.5) is 32.1 Å². The lowest BCUT2D eigenvalue weighted by Crippen LogP contribution is -2.48. The van der Waals surface area contributed by atoms with E-state index in [0.717, 1.165) is 12.1 Å². The Bertz CT molecular complexity index is 2600. The smallest absolute Gasteiger partial charge is 0.412 e. The molecule has 6 rings (SSSR count). The zero-order valence-electron chi connectivity index (χ0n) is 37.5. The average molecular weight is 991 g/mol. The number of aliphatic hydroxyl groups is 1. The summed E-state index contributed by atoms with van der Waals surface area (Å²) in [6, 6.07) is 2.66. The largest absolute Gasteiger partial charge is 0.492 e. The Morgan fingerprint density at radius 2 is 1.74 bits per heavy atom. The number of methoxy groups -OCH3 is 1. The number of carboxylic acid groups (broad SMARTS) is 1. The van der Waals surface area contributed by atoms with Crippen molar-refractivity contribution in [2.75, 3.05) is 45.0 Å². The van der Waals surface area contributed by atoms with Crippen molar-refractivity contribution in [2.24, 2.45) is 15.9 Å². The number of nitrogens with one attached hydrogen (secondary N) is 1. The lowest BCUT2D eigenvalue weighted by atomic mass is 9.92. The lowest BCUT2D eigenvalue weighted by molar-refractivity contribution is -0.384. The van der Waals surface area contributed by atoms with Crippen molar-refractivity contribution < 1.29 is 62.4 Å². The van der Waals surface area contributed by atoms with E-state index in [2.05, 4.69) is 22.0 Å². The highest BCUT2D eigenvalue weighted by Gasteiger charge is 2.45. The first kappa shape index (κ1) is 51.0. The number of amides is 2. The van der Waals surface area contributed by atoms with Crippen LogP contribution in [0.2, 0.25) is 0 Å². The number of aromatic nitrogens is 1. The van der Waals surface area contributed by atoms with E-state index >= 15 is 4.39 Å². The second-order valence-electron chi connectivity index (χ2n) is 16.6. The standard InChI is InChI=1S/C44H50Cl2FN7O14/c1-6-22(2)49-40-32(41(59)60)38(58)31-34(48-4)33(47)36(39(65-5)35(31)53(40)25-13-14-25)51-18-24-8-7-17-52(28(24)19-51)43(62)68-21-67-30(56)16-15-29(55)66-20-27(50-42(61)44(3,45)46)37(57)23-9-11-26(12-10-23)54(63)64/h9-12,24-25,27-28,37,57H,4,6-8,13-21H2,1-3,5H3,(H,50,61)(H,59,60)/b49-22+/t24?,27-,28?,37-/m1/s1. The van der Waals surface area contributed by atoms with Crippen LogP contribution in [0, 0.1) is 21.8 Å². The number of hydrogen-bond acceptors (Lipinski definition) is 16. The number of pyridine rings is 1. The number of aliphatic imine (C=N–C) groups is 2. The fourth-order valence-corrected chi connectivity index (χ4v) is 8.42. The summed E-state index contributed by atoms with van der Waals surface area (Å²) in [6.45, 7) is 7.42. The summed E-state index contributed by atoms with van der Waals surface area (Å²) < 4.78 is 38.1. The second-order valence-corrected chi connectivity index (χ2v) is 18.3. The number of nitro benzene ring substituents is 1. The number of carboxylic acids is 1. The van der Waals surface area contributed by atoms with Gasteiger partial charge in [0.2, 0.25) is 12.2 Å². The molecule has 1 aliphatic carbocycles. The van der Waals surface area contributed by atoms with Crippen LogP contribution >= 0.6 is 23.2 Å². The number of aromatic carboxylic acids is 1. The number of piperidine rings is 1. The van der Waals surface area contributed by atoms with Gasteiger partial charge in [-0.15, -0.1) is 0 Å². The number of halogens is 3. The van der Waals surface area contributed by atoms with Gasteiger partial charge in [0.25, 0.3) is 11.6 Å². The van der Waals surface area contributed by atoms with Crippen LogP contribution in [-0.4, -0.2) is 124 Å². The molecule has 1 aromatic heterocycles. The number of anilines is 1. The first-order valence-electron chi connectivity index (χ1n) is 21.6. The maximum atomic E-state index is 16.9. The lowest BCUT2D eigenvalue weighted by Gasteiger charge is -2.35. The minimum atomic E-state index is -1.94. The van der Waals surface area contributed by atoms with Gasteiger partial charge in [-0.2, -0.15) is 0 Å². The normalized spacial score (nSPS) is 18.0. The van der Waals surface area contributed by atoms with Crippen LogP contribution in [0.1, 0.15) is 93.8 Å². The number of carbonyl (C=O) groups is 5. The van der Waals surface area contributed by atoms with Gasteiger partial charge in [-0.05, 0) is 76.3 Å². The minimum absolute atomic E-state index is 0.0309. The van der Waals surface area contributed by atoms with Crippen LogP contribution in [0.15, 0.2) is 39.0 Å². The van der Waals surface area contributed by atoms with E-state index in [4.69, 9.17) is 42.1 Å². The molecular weight excluding hydrogens is 940 g/mol. The van der Waals surface area contributed by atoms with Gasteiger partial charge in [-0.25, -0.2) is 19.0 Å². The number of rotatable bonds is 19. The molecule has 3 aliphatic rings. The van der Waals surface area contributed by atoms with E-state index in [1.165, 1.54) is 31.1 Å². The highest BCUT2D eigenvalue weighted by molar-refractivity contribution is 6.57. The summed E-state index contributed by atoms with van der Waals surface area (Å²) in [5, 5.41) is 34.3. The molecule has 4 atom stereocenters. The summed E-state index contributed by atoms with van der Waals surface area (Å²) in [5.41, 5.74) is -1.53. The number of hydrogen-bond donors (Lipinski definition) is 3. The van der Waals surface area contributed by atoms with Crippen molar-refractivity contribution in [1.29, 1.82) is 0 Å². The predicted molar refractivity (Wildman–Crippen MR) is 245 cm³/mol. The van der Waals surface area contributed by atoms with Crippen LogP contribution < -0.4 is 20.4 Å². The topological polar surface area (TPSA) is 271 Å². The third-order valence-corrected chi connectivity index (χ3v) is 12.3. The number of non-ortho nitro benzene ring substituents is 1. The molecule has 21 nitrogen and oxygen atoms in total. The Hall–Kier alpha value is -6.39. The van der Waals surface area contributed by atoms with Gasteiger partial charge in [0, 0.05) is 43.5 Å². The number of carbonyl (C=O) groups excluding carboxylic acids is 4. The zero-order valence-corrected chi connectivity index (χ0v) is 39.0. The molecule has 24 heteroatoms. The highest BCUT2D eigenvalue weighted by atomic mass is 35.5. The predicted octanol–water partition coefficient (Wildman–Crippen LogP) is 6.20. The zero-order chi connectivity index (χ0) is 49.8. The summed E-state index contributed by atoms with van der Waals surface area (Å²) in [5.74, 6) is -5.58. The number of aliphatic hydroxyl groups excluding tert-OH is 1. The summed E-state index contributed by atoms with van der Waals surface area (Å²) in [6.07, 6.45) is -0.426. The minimum Gasteiger partial charge on any atom is -0.492 e. The molecule has 366 valence electrons. The third kappa shape index (κ3) is 11.0. The van der Waals surface area contributed by atoms with Crippen LogP contribution in [0.3, 0.4) is 0 Å². The first-order valence-corrected chi connectivity index (χ1v) is 22.3. The molecule has 68 heavy (non-hydrogen) atoms.